The van der Waals surface area contributed by atoms with Crippen LogP contribution in [0.1, 0.15) is 44.2 Å². The van der Waals surface area contributed by atoms with Crippen LogP contribution in [-0.4, -0.2) is 19.0 Å². The molecule has 0 fully saturated rings. The van der Waals surface area contributed by atoms with Crippen LogP contribution in [0.25, 0.3) is 0 Å². The minimum Gasteiger partial charge on any atom is -0.469 e. The maximum absolute atomic E-state index is 11.8. The highest BCUT2D eigenvalue weighted by molar-refractivity contribution is 5.78. The van der Waals surface area contributed by atoms with Crippen molar-refractivity contribution in [3.63, 3.8) is 0 Å². The first-order chi connectivity index (χ1) is 9.17. The van der Waals surface area contributed by atoms with Crippen LogP contribution < -0.4 is 5.32 Å². The molecule has 0 heterocycles. The van der Waals surface area contributed by atoms with Crippen LogP contribution in [0.3, 0.4) is 0 Å². The molecule has 0 saturated carbocycles. The predicted molar refractivity (Wildman–Crippen MR) is 73.5 cm³/mol. The van der Waals surface area contributed by atoms with Gasteiger partial charge in [0.05, 0.1) is 19.6 Å². The third-order valence-electron chi connectivity index (χ3n) is 2.89. The van der Waals surface area contributed by atoms with Gasteiger partial charge in [-0.2, -0.15) is 0 Å². The molecule has 0 aliphatic heterocycles. The molecular weight excluding hydrogens is 242 g/mol. The van der Waals surface area contributed by atoms with E-state index in [2.05, 4.69) is 10.1 Å². The van der Waals surface area contributed by atoms with Gasteiger partial charge < -0.3 is 10.1 Å². The minimum absolute atomic E-state index is 0.0281. The Balaban J connectivity index is 2.70. The number of methoxy groups -OCH3 is 1. The van der Waals surface area contributed by atoms with E-state index in [1.807, 2.05) is 37.3 Å². The molecule has 19 heavy (non-hydrogen) atoms. The van der Waals surface area contributed by atoms with Crippen molar-refractivity contribution in [2.24, 2.45) is 0 Å². The summed E-state index contributed by atoms with van der Waals surface area (Å²) in [7, 11) is 1.35. The highest BCUT2D eigenvalue weighted by atomic mass is 16.5. The van der Waals surface area contributed by atoms with Crippen molar-refractivity contribution in [1.29, 1.82) is 0 Å². The van der Waals surface area contributed by atoms with Gasteiger partial charge in [-0.05, 0) is 12.0 Å². The van der Waals surface area contributed by atoms with Gasteiger partial charge in [0.25, 0.3) is 0 Å². The average Bonchev–Trinajstić information content (AvgIpc) is 2.45. The normalized spacial score (nSPS) is 11.7. The summed E-state index contributed by atoms with van der Waals surface area (Å²) in [4.78, 5) is 23.2. The Morgan fingerprint density at radius 3 is 2.53 bits per heavy atom. The highest BCUT2D eigenvalue weighted by Gasteiger charge is 2.18. The molecule has 104 valence electrons. The lowest BCUT2D eigenvalue weighted by Gasteiger charge is -2.18. The number of benzene rings is 1. The minimum atomic E-state index is -0.329. The summed E-state index contributed by atoms with van der Waals surface area (Å²) < 4.78 is 4.67. The Hall–Kier alpha value is -1.84. The molecule has 0 saturated heterocycles. The number of ether oxygens (including phenoxy) is 1. The van der Waals surface area contributed by atoms with E-state index < -0.39 is 0 Å². The Labute approximate surface area is 114 Å². The second-order valence-corrected chi connectivity index (χ2v) is 4.41. The Morgan fingerprint density at radius 2 is 1.95 bits per heavy atom. The van der Waals surface area contributed by atoms with Crippen LogP contribution in [0.15, 0.2) is 30.3 Å². The van der Waals surface area contributed by atoms with Crippen molar-refractivity contribution in [2.45, 2.75) is 38.6 Å². The van der Waals surface area contributed by atoms with Gasteiger partial charge in [-0.3, -0.25) is 9.59 Å². The first kappa shape index (κ1) is 15.2. The van der Waals surface area contributed by atoms with Crippen molar-refractivity contribution in [3.8, 4) is 0 Å². The monoisotopic (exact) mass is 263 g/mol. The third kappa shape index (κ3) is 5.55. The first-order valence-electron chi connectivity index (χ1n) is 6.58. The van der Waals surface area contributed by atoms with E-state index in [1.165, 1.54) is 7.11 Å². The van der Waals surface area contributed by atoms with Gasteiger partial charge in [-0.25, -0.2) is 0 Å². The van der Waals surface area contributed by atoms with Crippen molar-refractivity contribution in [2.75, 3.05) is 7.11 Å². The van der Waals surface area contributed by atoms with Gasteiger partial charge in [0.1, 0.15) is 0 Å². The number of hydrogen-bond acceptors (Lipinski definition) is 3. The summed E-state index contributed by atoms with van der Waals surface area (Å²) in [6, 6.07) is 9.15. The lowest BCUT2D eigenvalue weighted by Crippen LogP contribution is -2.30. The van der Waals surface area contributed by atoms with E-state index in [-0.39, 0.29) is 24.3 Å². The van der Waals surface area contributed by atoms with E-state index in [1.54, 1.807) is 0 Å². The molecule has 1 rings (SSSR count). The summed E-state index contributed by atoms with van der Waals surface area (Å²) in [6.07, 6.45) is 2.46. The van der Waals surface area contributed by atoms with Gasteiger partial charge in [-0.1, -0.05) is 43.7 Å². The summed E-state index contributed by atoms with van der Waals surface area (Å²) >= 11 is 0. The molecule has 4 nitrogen and oxygen atoms in total. The lowest BCUT2D eigenvalue weighted by molar-refractivity contribution is -0.141. The molecule has 4 heteroatoms. The Kier molecular flexibility index (Phi) is 6.64. The SMILES string of the molecule is CCCCC(=O)N[C@@H](CC(=O)OC)c1ccccc1. The molecule has 0 bridgehead atoms. The van der Waals surface area contributed by atoms with Gasteiger partial charge in [0, 0.05) is 6.42 Å². The molecule has 0 aliphatic carbocycles. The molecule has 0 aliphatic rings. The number of carbonyl (C=O) groups excluding carboxylic acids is 2. The van der Waals surface area contributed by atoms with Crippen LogP contribution in [-0.2, 0) is 14.3 Å². The van der Waals surface area contributed by atoms with Crippen LogP contribution in [0.2, 0.25) is 0 Å². The molecular formula is C15H21NO3. The molecule has 1 atom stereocenters. The molecule has 1 aromatic rings. The van der Waals surface area contributed by atoms with Crippen molar-refractivity contribution < 1.29 is 14.3 Å². The Morgan fingerprint density at radius 1 is 1.26 bits per heavy atom. The summed E-state index contributed by atoms with van der Waals surface area (Å²) in [5, 5.41) is 2.89. The predicted octanol–water partition coefficient (Wildman–Crippen LogP) is 2.60. The van der Waals surface area contributed by atoms with Gasteiger partial charge in [-0.15, -0.1) is 0 Å². The maximum Gasteiger partial charge on any atom is 0.307 e. The third-order valence-corrected chi connectivity index (χ3v) is 2.89. The molecule has 1 aromatic carbocycles. The largest absolute Gasteiger partial charge is 0.469 e. The zero-order valence-corrected chi connectivity index (χ0v) is 11.5. The van der Waals surface area contributed by atoms with Crippen LogP contribution in [0.5, 0.6) is 0 Å². The summed E-state index contributed by atoms with van der Waals surface area (Å²) in [6.45, 7) is 2.04. The molecule has 0 aromatic heterocycles. The van der Waals surface area contributed by atoms with Crippen molar-refractivity contribution >= 4 is 11.9 Å². The van der Waals surface area contributed by atoms with E-state index in [9.17, 15) is 9.59 Å². The highest BCUT2D eigenvalue weighted by Crippen LogP contribution is 2.17. The molecule has 1 amide bonds. The molecule has 0 radical (unpaired) electrons. The topological polar surface area (TPSA) is 55.4 Å². The van der Waals surface area contributed by atoms with E-state index in [0.717, 1.165) is 18.4 Å². The fourth-order valence-corrected chi connectivity index (χ4v) is 1.79. The molecule has 0 unspecified atom stereocenters. The average molecular weight is 263 g/mol. The van der Waals surface area contributed by atoms with Gasteiger partial charge in [0.2, 0.25) is 5.91 Å². The van der Waals surface area contributed by atoms with E-state index in [4.69, 9.17) is 0 Å². The van der Waals surface area contributed by atoms with E-state index >= 15 is 0 Å². The number of esters is 1. The first-order valence-corrected chi connectivity index (χ1v) is 6.58. The van der Waals surface area contributed by atoms with Crippen LogP contribution >= 0.6 is 0 Å². The fourth-order valence-electron chi connectivity index (χ4n) is 1.79. The maximum atomic E-state index is 11.8. The van der Waals surface area contributed by atoms with Gasteiger partial charge in [0.15, 0.2) is 0 Å². The zero-order chi connectivity index (χ0) is 14.1. The van der Waals surface area contributed by atoms with Crippen molar-refractivity contribution in [3.05, 3.63) is 35.9 Å². The number of carbonyl (C=O) groups is 2. The molecule has 1 N–H and O–H groups in total. The van der Waals surface area contributed by atoms with Crippen LogP contribution in [0.4, 0.5) is 0 Å². The second kappa shape index (κ2) is 8.29. The van der Waals surface area contributed by atoms with Crippen LogP contribution in [0, 0.1) is 0 Å². The van der Waals surface area contributed by atoms with Gasteiger partial charge >= 0.3 is 5.97 Å². The number of rotatable bonds is 7. The second-order valence-electron chi connectivity index (χ2n) is 4.41. The zero-order valence-electron chi connectivity index (χ0n) is 11.5. The summed E-state index contributed by atoms with van der Waals surface area (Å²) in [5.41, 5.74) is 0.915. The summed E-state index contributed by atoms with van der Waals surface area (Å²) in [5.74, 6) is -0.357. The number of nitrogens with one attached hydrogen (secondary N) is 1. The Bertz CT molecular complexity index is 403. The molecule has 0 spiro atoms. The van der Waals surface area contributed by atoms with E-state index in [0.29, 0.717) is 6.42 Å². The fraction of sp³-hybridized carbons (Fsp3) is 0.467. The smallest absolute Gasteiger partial charge is 0.307 e. The quantitative estimate of drug-likeness (QED) is 0.769. The number of hydrogen-bond donors (Lipinski definition) is 1. The lowest BCUT2D eigenvalue weighted by atomic mass is 10.0. The van der Waals surface area contributed by atoms with Crippen molar-refractivity contribution in [1.82, 2.24) is 5.32 Å². The standard InChI is InChI=1S/C15H21NO3/c1-3-4-10-14(17)16-13(11-15(18)19-2)12-8-6-5-7-9-12/h5-9,13H,3-4,10-11H2,1-2H3,(H,16,17)/t13-/m0/s1. The number of amides is 1. The number of unbranched alkanes of at least 4 members (excludes halogenated alkanes) is 1.